The quantitative estimate of drug-likeness (QED) is 0.482. The predicted octanol–water partition coefficient (Wildman–Crippen LogP) is 2.17. The molecule has 0 aliphatic heterocycles. The smallest absolute Gasteiger partial charge is 0.129 e. The van der Waals surface area contributed by atoms with Gasteiger partial charge in [0.2, 0.25) is 0 Å². The monoisotopic (exact) mass is 241 g/mol. The Morgan fingerprint density at radius 3 is 2.59 bits per heavy atom. The highest BCUT2D eigenvalue weighted by atomic mass is 19.1. The Morgan fingerprint density at radius 1 is 1.41 bits per heavy atom. The third kappa shape index (κ3) is 3.42. The van der Waals surface area contributed by atoms with Gasteiger partial charge in [0.25, 0.3) is 0 Å². The van der Waals surface area contributed by atoms with Gasteiger partial charge in [-0.2, -0.15) is 0 Å². The van der Waals surface area contributed by atoms with Crippen LogP contribution in [0.5, 0.6) is 5.75 Å². The van der Waals surface area contributed by atoms with Crippen LogP contribution in [0.1, 0.15) is 26.3 Å². The Hall–Kier alpha value is -1.62. The second kappa shape index (κ2) is 5.63. The Bertz CT molecular complexity index is 418. The zero-order chi connectivity index (χ0) is 13.0. The molecule has 1 aromatic rings. The number of rotatable bonds is 4. The van der Waals surface area contributed by atoms with E-state index in [4.69, 9.17) is 9.94 Å². The van der Waals surface area contributed by atoms with Crippen molar-refractivity contribution in [1.82, 2.24) is 0 Å². The van der Waals surface area contributed by atoms with E-state index in [0.29, 0.717) is 11.3 Å². The number of aliphatic hydroxyl groups excluding tert-OH is 1. The molecular weight excluding hydrogens is 225 g/mol. The normalized spacial score (nSPS) is 15.5. The highest BCUT2D eigenvalue weighted by molar-refractivity contribution is 6.00. The summed E-state index contributed by atoms with van der Waals surface area (Å²) in [5, 5.41) is 21.1. The Balaban J connectivity index is 3.07. The second-order valence-electron chi connectivity index (χ2n) is 3.89. The van der Waals surface area contributed by atoms with Gasteiger partial charge >= 0.3 is 0 Å². The molecule has 2 N–H and O–H groups in total. The standard InChI is InChI=1S/C12H16FNO3/c1-7(14-16)11-6-10(13)4-5-12(11)17-9(3)8(2)15/h4-6,8-9,15-16H,1-3H3. The second-order valence-corrected chi connectivity index (χ2v) is 3.89. The van der Waals surface area contributed by atoms with Crippen LogP contribution < -0.4 is 4.74 Å². The van der Waals surface area contributed by atoms with Crippen molar-refractivity contribution in [2.24, 2.45) is 5.16 Å². The van der Waals surface area contributed by atoms with Crippen LogP contribution in [0.4, 0.5) is 4.39 Å². The molecule has 0 bridgehead atoms. The van der Waals surface area contributed by atoms with E-state index >= 15 is 0 Å². The van der Waals surface area contributed by atoms with Gasteiger partial charge in [0.15, 0.2) is 0 Å². The molecule has 1 rings (SSSR count). The van der Waals surface area contributed by atoms with Crippen LogP contribution >= 0.6 is 0 Å². The fourth-order valence-electron chi connectivity index (χ4n) is 1.24. The molecule has 0 aliphatic rings. The molecule has 0 aromatic heterocycles. The average Bonchev–Trinajstić information content (AvgIpc) is 2.30. The maximum atomic E-state index is 13.1. The predicted molar refractivity (Wildman–Crippen MR) is 62.2 cm³/mol. The van der Waals surface area contributed by atoms with Crippen LogP contribution in [0.3, 0.4) is 0 Å². The largest absolute Gasteiger partial charge is 0.487 e. The number of hydrogen-bond donors (Lipinski definition) is 2. The van der Waals surface area contributed by atoms with Crippen LogP contribution in [0.15, 0.2) is 23.4 Å². The molecule has 0 radical (unpaired) electrons. The molecule has 94 valence electrons. The molecule has 4 nitrogen and oxygen atoms in total. The van der Waals surface area contributed by atoms with Crippen LogP contribution in [-0.2, 0) is 0 Å². The summed E-state index contributed by atoms with van der Waals surface area (Å²) in [6.07, 6.45) is -1.09. The number of nitrogens with zero attached hydrogens (tertiary/aromatic N) is 1. The average molecular weight is 241 g/mol. The zero-order valence-corrected chi connectivity index (χ0v) is 10.0. The minimum absolute atomic E-state index is 0.247. The van der Waals surface area contributed by atoms with E-state index in [-0.39, 0.29) is 5.71 Å². The van der Waals surface area contributed by atoms with Gasteiger partial charge < -0.3 is 15.1 Å². The summed E-state index contributed by atoms with van der Waals surface area (Å²) in [5.41, 5.74) is 0.609. The Kier molecular flexibility index (Phi) is 4.45. The van der Waals surface area contributed by atoms with Gasteiger partial charge in [0, 0.05) is 5.56 Å². The summed E-state index contributed by atoms with van der Waals surface area (Å²) in [6.45, 7) is 4.83. The van der Waals surface area contributed by atoms with E-state index in [1.807, 2.05) is 0 Å². The lowest BCUT2D eigenvalue weighted by Crippen LogP contribution is -2.26. The molecule has 2 atom stereocenters. The molecule has 0 heterocycles. The highest BCUT2D eigenvalue weighted by Gasteiger charge is 2.15. The summed E-state index contributed by atoms with van der Waals surface area (Å²) in [6, 6.07) is 3.91. The molecular formula is C12H16FNO3. The van der Waals surface area contributed by atoms with Crippen molar-refractivity contribution < 1.29 is 19.4 Å². The first-order valence-corrected chi connectivity index (χ1v) is 5.29. The molecule has 0 spiro atoms. The van der Waals surface area contributed by atoms with Crippen LogP contribution in [0, 0.1) is 5.82 Å². The summed E-state index contributed by atoms with van der Waals surface area (Å²) >= 11 is 0. The van der Waals surface area contributed by atoms with Crippen LogP contribution in [0.2, 0.25) is 0 Å². The minimum Gasteiger partial charge on any atom is -0.487 e. The minimum atomic E-state index is -0.653. The van der Waals surface area contributed by atoms with Gasteiger partial charge in [-0.25, -0.2) is 4.39 Å². The van der Waals surface area contributed by atoms with E-state index in [1.54, 1.807) is 13.8 Å². The van der Waals surface area contributed by atoms with Gasteiger partial charge in [0.05, 0.1) is 11.8 Å². The Labute approximate surface area is 99.3 Å². The Morgan fingerprint density at radius 2 is 2.06 bits per heavy atom. The number of ether oxygens (including phenoxy) is 1. The molecule has 1 aromatic carbocycles. The van der Waals surface area contributed by atoms with Crippen molar-refractivity contribution in [1.29, 1.82) is 0 Å². The lowest BCUT2D eigenvalue weighted by atomic mass is 10.1. The van der Waals surface area contributed by atoms with Gasteiger partial charge in [-0.05, 0) is 39.0 Å². The molecule has 0 amide bonds. The van der Waals surface area contributed by atoms with Crippen molar-refractivity contribution in [3.05, 3.63) is 29.6 Å². The number of hydrogen-bond acceptors (Lipinski definition) is 4. The van der Waals surface area contributed by atoms with Crippen molar-refractivity contribution in [3.63, 3.8) is 0 Å². The van der Waals surface area contributed by atoms with E-state index < -0.39 is 18.0 Å². The molecule has 5 heteroatoms. The SMILES string of the molecule is CC(=NO)c1cc(F)ccc1OC(C)C(C)O. The van der Waals surface area contributed by atoms with Gasteiger partial charge in [-0.3, -0.25) is 0 Å². The summed E-state index contributed by atoms with van der Waals surface area (Å²) in [5.74, 6) is -0.0739. The van der Waals surface area contributed by atoms with E-state index in [2.05, 4.69) is 5.16 Å². The van der Waals surface area contributed by atoms with Crippen molar-refractivity contribution in [2.45, 2.75) is 33.0 Å². The molecule has 0 saturated carbocycles. The molecule has 0 saturated heterocycles. The third-order valence-corrected chi connectivity index (χ3v) is 2.47. The molecule has 0 aliphatic carbocycles. The highest BCUT2D eigenvalue weighted by Crippen LogP contribution is 2.22. The first-order valence-electron chi connectivity index (χ1n) is 5.29. The fourth-order valence-corrected chi connectivity index (χ4v) is 1.24. The van der Waals surface area contributed by atoms with E-state index in [1.165, 1.54) is 25.1 Å². The number of halogens is 1. The van der Waals surface area contributed by atoms with E-state index in [0.717, 1.165) is 0 Å². The lowest BCUT2D eigenvalue weighted by Gasteiger charge is -2.19. The summed E-state index contributed by atoms with van der Waals surface area (Å²) < 4.78 is 18.6. The lowest BCUT2D eigenvalue weighted by molar-refractivity contribution is 0.0603. The van der Waals surface area contributed by atoms with Crippen molar-refractivity contribution in [2.75, 3.05) is 0 Å². The summed E-state index contributed by atoms with van der Waals surface area (Å²) in [4.78, 5) is 0. The van der Waals surface area contributed by atoms with Gasteiger partial charge in [-0.15, -0.1) is 0 Å². The third-order valence-electron chi connectivity index (χ3n) is 2.47. The topological polar surface area (TPSA) is 62.1 Å². The van der Waals surface area contributed by atoms with Crippen LogP contribution in [-0.4, -0.2) is 28.2 Å². The molecule has 17 heavy (non-hydrogen) atoms. The number of oxime groups is 1. The van der Waals surface area contributed by atoms with Crippen molar-refractivity contribution >= 4 is 5.71 Å². The first kappa shape index (κ1) is 13.4. The zero-order valence-electron chi connectivity index (χ0n) is 10.0. The number of benzene rings is 1. The van der Waals surface area contributed by atoms with Gasteiger partial charge in [-0.1, -0.05) is 5.16 Å². The van der Waals surface area contributed by atoms with Crippen LogP contribution in [0.25, 0.3) is 0 Å². The fraction of sp³-hybridized carbons (Fsp3) is 0.417. The molecule has 0 fully saturated rings. The van der Waals surface area contributed by atoms with Crippen molar-refractivity contribution in [3.8, 4) is 5.75 Å². The van der Waals surface area contributed by atoms with E-state index in [9.17, 15) is 9.50 Å². The summed E-state index contributed by atoms with van der Waals surface area (Å²) in [7, 11) is 0. The maximum absolute atomic E-state index is 13.1. The maximum Gasteiger partial charge on any atom is 0.129 e. The van der Waals surface area contributed by atoms with Gasteiger partial charge in [0.1, 0.15) is 17.7 Å². The number of aliphatic hydroxyl groups is 1. The first-order chi connectivity index (χ1) is 7.95. The molecule has 2 unspecified atom stereocenters.